The Morgan fingerprint density at radius 3 is 2.75 bits per heavy atom. The third-order valence-corrected chi connectivity index (χ3v) is 6.23. The lowest BCUT2D eigenvalue weighted by Crippen LogP contribution is -2.32. The van der Waals surface area contributed by atoms with Crippen LogP contribution in [0.2, 0.25) is 0 Å². The van der Waals surface area contributed by atoms with Crippen LogP contribution in [0.1, 0.15) is 50.2 Å². The lowest BCUT2D eigenvalue weighted by molar-refractivity contribution is 0.276. The highest BCUT2D eigenvalue weighted by Crippen LogP contribution is 2.39. The minimum Gasteiger partial charge on any atom is -0.330 e. The molecule has 0 spiro atoms. The Labute approximate surface area is 128 Å². The van der Waals surface area contributed by atoms with Crippen molar-refractivity contribution >= 4 is 11.8 Å². The summed E-state index contributed by atoms with van der Waals surface area (Å²) in [7, 11) is 0. The molecule has 0 saturated heterocycles. The van der Waals surface area contributed by atoms with E-state index in [0.717, 1.165) is 29.4 Å². The number of thioether (sulfide) groups is 1. The van der Waals surface area contributed by atoms with Gasteiger partial charge in [0.05, 0.1) is 0 Å². The van der Waals surface area contributed by atoms with Crippen LogP contribution in [0.5, 0.6) is 0 Å². The zero-order valence-electron chi connectivity index (χ0n) is 13.0. The molecule has 0 bridgehead atoms. The molecule has 2 N–H and O–H groups in total. The molecule has 2 rings (SSSR count). The number of hydrogen-bond donors (Lipinski definition) is 1. The van der Waals surface area contributed by atoms with E-state index in [2.05, 4.69) is 49.9 Å². The van der Waals surface area contributed by atoms with Crippen molar-refractivity contribution in [3.05, 3.63) is 35.4 Å². The number of hydrogen-bond acceptors (Lipinski definition) is 2. The monoisotopic (exact) mass is 291 g/mol. The molecule has 0 amide bonds. The van der Waals surface area contributed by atoms with Crippen molar-refractivity contribution in [1.82, 2.24) is 0 Å². The molecule has 1 aromatic rings. The van der Waals surface area contributed by atoms with E-state index in [4.69, 9.17) is 5.73 Å². The summed E-state index contributed by atoms with van der Waals surface area (Å²) in [5.41, 5.74) is 8.91. The molecule has 3 atom stereocenters. The quantitative estimate of drug-likeness (QED) is 0.817. The van der Waals surface area contributed by atoms with E-state index in [9.17, 15) is 0 Å². The lowest BCUT2D eigenvalue weighted by Gasteiger charge is -2.35. The highest BCUT2D eigenvalue weighted by Gasteiger charge is 2.29. The Hall–Kier alpha value is -0.470. The second-order valence-electron chi connectivity index (χ2n) is 6.24. The van der Waals surface area contributed by atoms with Crippen molar-refractivity contribution in [1.29, 1.82) is 0 Å². The Morgan fingerprint density at radius 2 is 2.05 bits per heavy atom. The van der Waals surface area contributed by atoms with Gasteiger partial charge in [0.2, 0.25) is 0 Å². The van der Waals surface area contributed by atoms with E-state index in [-0.39, 0.29) is 0 Å². The smallest absolute Gasteiger partial charge is 0.0190 e. The summed E-state index contributed by atoms with van der Waals surface area (Å²) in [4.78, 5) is 0. The van der Waals surface area contributed by atoms with Gasteiger partial charge in [0.25, 0.3) is 0 Å². The minimum absolute atomic E-state index is 0.733. The first-order chi connectivity index (χ1) is 9.74. The van der Waals surface area contributed by atoms with Crippen LogP contribution < -0.4 is 5.73 Å². The van der Waals surface area contributed by atoms with Gasteiger partial charge in [0.15, 0.2) is 0 Å². The maximum atomic E-state index is 6.00. The maximum Gasteiger partial charge on any atom is 0.0190 e. The first-order valence-corrected chi connectivity index (χ1v) is 9.15. The van der Waals surface area contributed by atoms with Gasteiger partial charge in [-0.25, -0.2) is 0 Å². The second kappa shape index (κ2) is 8.09. The molecule has 1 saturated carbocycles. The molecular weight excluding hydrogens is 262 g/mol. The molecule has 1 nitrogen and oxygen atoms in total. The van der Waals surface area contributed by atoms with Crippen LogP contribution in [0.25, 0.3) is 0 Å². The third kappa shape index (κ3) is 4.26. The molecule has 3 unspecified atom stereocenters. The van der Waals surface area contributed by atoms with Crippen LogP contribution >= 0.6 is 11.8 Å². The zero-order valence-corrected chi connectivity index (χ0v) is 13.8. The van der Waals surface area contributed by atoms with E-state index in [1.807, 2.05) is 0 Å². The van der Waals surface area contributed by atoms with E-state index >= 15 is 0 Å². The van der Waals surface area contributed by atoms with E-state index in [0.29, 0.717) is 0 Å². The van der Waals surface area contributed by atoms with Crippen LogP contribution in [0.15, 0.2) is 24.3 Å². The number of aryl methyl sites for hydroxylation is 1. The fourth-order valence-electron chi connectivity index (χ4n) is 3.39. The summed E-state index contributed by atoms with van der Waals surface area (Å²) in [6.07, 6.45) is 6.85. The minimum atomic E-state index is 0.733. The summed E-state index contributed by atoms with van der Waals surface area (Å²) >= 11 is 2.15. The molecule has 1 fully saturated rings. The molecule has 2 heteroatoms. The lowest BCUT2D eigenvalue weighted by atomic mass is 9.80. The molecule has 0 aliphatic heterocycles. The highest BCUT2D eigenvalue weighted by atomic mass is 32.2. The van der Waals surface area contributed by atoms with Crippen LogP contribution in [0, 0.1) is 18.8 Å². The number of nitrogens with two attached hydrogens (primary N) is 1. The van der Waals surface area contributed by atoms with Crippen LogP contribution in [-0.4, -0.2) is 11.8 Å². The standard InChI is InChI=1S/C18H29NS/c1-3-6-15-9-10-16(12-19)18(11-15)20-13-17-8-5-4-7-14(17)2/h4-5,7-8,15-16,18H,3,6,9-13,19H2,1-2H3. The first-order valence-electron chi connectivity index (χ1n) is 8.10. The van der Waals surface area contributed by atoms with Gasteiger partial charge in [-0.15, -0.1) is 0 Å². The molecule has 1 aromatic carbocycles. The van der Waals surface area contributed by atoms with Gasteiger partial charge in [0, 0.05) is 11.0 Å². The van der Waals surface area contributed by atoms with Crippen molar-refractivity contribution in [3.63, 3.8) is 0 Å². The van der Waals surface area contributed by atoms with E-state index in [1.54, 1.807) is 0 Å². The summed E-state index contributed by atoms with van der Waals surface area (Å²) in [6.45, 7) is 5.39. The van der Waals surface area contributed by atoms with Crippen LogP contribution in [-0.2, 0) is 5.75 Å². The van der Waals surface area contributed by atoms with Crippen molar-refractivity contribution in [2.75, 3.05) is 6.54 Å². The first kappa shape index (κ1) is 15.9. The van der Waals surface area contributed by atoms with Crippen molar-refractivity contribution < 1.29 is 0 Å². The van der Waals surface area contributed by atoms with Gasteiger partial charge >= 0.3 is 0 Å². The highest BCUT2D eigenvalue weighted by molar-refractivity contribution is 7.99. The maximum absolute atomic E-state index is 6.00. The third-order valence-electron chi connectivity index (χ3n) is 4.75. The Kier molecular flexibility index (Phi) is 6.44. The predicted octanol–water partition coefficient (Wildman–Crippen LogP) is 4.77. The molecule has 20 heavy (non-hydrogen) atoms. The summed E-state index contributed by atoms with van der Waals surface area (Å²) < 4.78 is 0. The SMILES string of the molecule is CCCC1CCC(CN)C(SCc2ccccc2C)C1. The van der Waals surface area contributed by atoms with Crippen molar-refractivity contribution in [2.24, 2.45) is 17.6 Å². The second-order valence-corrected chi connectivity index (χ2v) is 7.47. The Balaban J connectivity index is 1.92. The Morgan fingerprint density at radius 1 is 1.25 bits per heavy atom. The molecule has 0 aromatic heterocycles. The predicted molar refractivity (Wildman–Crippen MR) is 91.1 cm³/mol. The number of benzene rings is 1. The van der Waals surface area contributed by atoms with E-state index < -0.39 is 0 Å². The Bertz CT molecular complexity index is 404. The molecule has 1 aliphatic rings. The van der Waals surface area contributed by atoms with Gasteiger partial charge in [-0.05, 0) is 49.3 Å². The van der Waals surface area contributed by atoms with Crippen molar-refractivity contribution in [2.45, 2.75) is 57.0 Å². The fraction of sp³-hybridized carbons (Fsp3) is 0.667. The molecule has 0 radical (unpaired) electrons. The van der Waals surface area contributed by atoms with Crippen LogP contribution in [0.4, 0.5) is 0 Å². The summed E-state index contributed by atoms with van der Waals surface area (Å²) in [6, 6.07) is 8.78. The number of rotatable bonds is 6. The molecule has 112 valence electrons. The van der Waals surface area contributed by atoms with E-state index in [1.165, 1.54) is 43.2 Å². The molecular formula is C18H29NS. The van der Waals surface area contributed by atoms with Gasteiger partial charge in [0.1, 0.15) is 0 Å². The van der Waals surface area contributed by atoms with Gasteiger partial charge in [-0.2, -0.15) is 11.8 Å². The average molecular weight is 292 g/mol. The van der Waals surface area contributed by atoms with Gasteiger partial charge < -0.3 is 5.73 Å². The van der Waals surface area contributed by atoms with Crippen molar-refractivity contribution in [3.8, 4) is 0 Å². The molecule has 1 aliphatic carbocycles. The normalized spacial score (nSPS) is 26.6. The fourth-order valence-corrected chi connectivity index (χ4v) is 5.03. The average Bonchev–Trinajstić information content (AvgIpc) is 2.47. The van der Waals surface area contributed by atoms with Crippen LogP contribution in [0.3, 0.4) is 0 Å². The van der Waals surface area contributed by atoms with Gasteiger partial charge in [-0.3, -0.25) is 0 Å². The summed E-state index contributed by atoms with van der Waals surface area (Å²) in [5, 5.41) is 0.768. The summed E-state index contributed by atoms with van der Waals surface area (Å²) in [5.74, 6) is 2.82. The van der Waals surface area contributed by atoms with Gasteiger partial charge in [-0.1, -0.05) is 50.5 Å². The zero-order chi connectivity index (χ0) is 14.4. The topological polar surface area (TPSA) is 26.0 Å². The molecule has 0 heterocycles. The largest absolute Gasteiger partial charge is 0.330 e.